The Kier molecular flexibility index (Phi) is 5.83. The van der Waals surface area contributed by atoms with Crippen LogP contribution in [0.25, 0.3) is 10.9 Å². The van der Waals surface area contributed by atoms with Crippen molar-refractivity contribution in [3.63, 3.8) is 0 Å². The number of likely N-dealkylation sites (tertiary alicyclic amines) is 1. The van der Waals surface area contributed by atoms with Crippen LogP contribution in [0.15, 0.2) is 18.2 Å². The lowest BCUT2D eigenvalue weighted by atomic mass is 9.68. The van der Waals surface area contributed by atoms with Crippen molar-refractivity contribution in [3.8, 4) is 5.75 Å². The summed E-state index contributed by atoms with van der Waals surface area (Å²) in [4.78, 5) is 32.1. The van der Waals surface area contributed by atoms with E-state index in [0.717, 1.165) is 41.6 Å². The quantitative estimate of drug-likeness (QED) is 0.697. The largest absolute Gasteiger partial charge is 0.497 e. The lowest BCUT2D eigenvalue weighted by Gasteiger charge is -2.50. The zero-order chi connectivity index (χ0) is 22.2. The van der Waals surface area contributed by atoms with E-state index in [4.69, 9.17) is 4.74 Å². The average Bonchev–Trinajstić information content (AvgIpc) is 3.17. The average molecular weight is 429 g/mol. The van der Waals surface area contributed by atoms with Crippen LogP contribution in [0.3, 0.4) is 0 Å². The van der Waals surface area contributed by atoms with Crippen molar-refractivity contribution in [1.82, 2.24) is 20.1 Å². The number of hydrogen-bond acceptors (Lipinski definition) is 4. The number of piperidine rings is 1. The summed E-state index contributed by atoms with van der Waals surface area (Å²) in [7, 11) is 1.64. The third-order valence-corrected chi connectivity index (χ3v) is 6.86. The second-order valence-corrected chi connectivity index (χ2v) is 8.67. The molecule has 8 nitrogen and oxygen atoms in total. The Labute approximate surface area is 182 Å². The Balaban J connectivity index is 1.75. The van der Waals surface area contributed by atoms with Crippen LogP contribution in [0.1, 0.15) is 50.4 Å². The zero-order valence-corrected chi connectivity index (χ0v) is 18.5. The van der Waals surface area contributed by atoms with E-state index >= 15 is 0 Å². The van der Waals surface area contributed by atoms with Crippen LogP contribution in [0, 0.1) is 0 Å². The number of methoxy groups -OCH3 is 1. The summed E-state index contributed by atoms with van der Waals surface area (Å²) in [6.07, 6.45) is 2.43. The molecule has 3 heterocycles. The van der Waals surface area contributed by atoms with Crippen molar-refractivity contribution in [2.45, 2.75) is 44.6 Å². The molecule has 3 N–H and O–H groups in total. The maximum Gasteiger partial charge on any atom is 0.317 e. The van der Waals surface area contributed by atoms with Crippen molar-refractivity contribution in [1.29, 1.82) is 0 Å². The Hall–Kier alpha value is -2.74. The third-order valence-electron chi connectivity index (χ3n) is 6.86. The van der Waals surface area contributed by atoms with Gasteiger partial charge in [-0.25, -0.2) is 4.79 Å². The van der Waals surface area contributed by atoms with E-state index in [1.54, 1.807) is 18.9 Å². The van der Waals surface area contributed by atoms with E-state index in [1.165, 1.54) is 5.56 Å². The maximum absolute atomic E-state index is 12.5. The number of H-pyrrole nitrogens is 1. The molecule has 2 aliphatic rings. The monoisotopic (exact) mass is 428 g/mol. The number of amides is 3. The molecule has 168 valence electrons. The second kappa shape index (κ2) is 8.42. The fourth-order valence-electron chi connectivity index (χ4n) is 5.23. The normalized spacial score (nSPS) is 20.1. The number of benzene rings is 1. The summed E-state index contributed by atoms with van der Waals surface area (Å²) in [5, 5.41) is 14.2. The van der Waals surface area contributed by atoms with Crippen LogP contribution >= 0.6 is 0 Å². The van der Waals surface area contributed by atoms with Gasteiger partial charge in [0.2, 0.25) is 5.91 Å². The van der Waals surface area contributed by atoms with Crippen molar-refractivity contribution in [3.05, 3.63) is 29.5 Å². The molecule has 3 amide bonds. The highest BCUT2D eigenvalue weighted by atomic mass is 16.5. The predicted molar refractivity (Wildman–Crippen MR) is 118 cm³/mol. The molecule has 2 aromatic rings. The number of aromatic nitrogens is 1. The summed E-state index contributed by atoms with van der Waals surface area (Å²) < 4.78 is 5.39. The van der Waals surface area contributed by atoms with Crippen LogP contribution in [0.4, 0.5) is 4.79 Å². The molecule has 1 aromatic carbocycles. The van der Waals surface area contributed by atoms with Gasteiger partial charge in [0.05, 0.1) is 19.8 Å². The molecule has 0 aliphatic carbocycles. The molecule has 8 heteroatoms. The summed E-state index contributed by atoms with van der Waals surface area (Å²) in [5.41, 5.74) is 2.75. The number of aliphatic hydroxyl groups is 1. The molecule has 1 atom stereocenters. The fraction of sp³-hybridized carbons (Fsp3) is 0.565. The number of nitrogens with one attached hydrogen (secondary N) is 2. The molecule has 1 saturated heterocycles. The molecule has 4 rings (SSSR count). The fourth-order valence-corrected chi connectivity index (χ4v) is 5.23. The van der Waals surface area contributed by atoms with Gasteiger partial charge in [-0.3, -0.25) is 4.79 Å². The molecule has 0 unspecified atom stereocenters. The first-order valence-electron chi connectivity index (χ1n) is 11.0. The standard InChI is InChI=1S/C23H32N4O4/c1-4-9-24-22(30)26-10-7-23(8-11-26)14-27(15(2)29)19(13-28)21-20(23)17-6-5-16(31-3)12-18(17)25-21/h5-6,12,19,25,28H,4,7-11,13-14H2,1-3H3,(H,24,30)/t19-/m0/s1. The highest BCUT2D eigenvalue weighted by Crippen LogP contribution is 2.49. The van der Waals surface area contributed by atoms with Gasteiger partial charge in [0.25, 0.3) is 0 Å². The van der Waals surface area contributed by atoms with E-state index in [-0.39, 0.29) is 24.0 Å². The van der Waals surface area contributed by atoms with Gasteiger partial charge in [0.15, 0.2) is 0 Å². The van der Waals surface area contributed by atoms with Crippen LogP contribution in [-0.2, 0) is 10.2 Å². The highest BCUT2D eigenvalue weighted by molar-refractivity contribution is 5.88. The number of carbonyl (C=O) groups is 2. The van der Waals surface area contributed by atoms with E-state index < -0.39 is 6.04 Å². The minimum Gasteiger partial charge on any atom is -0.497 e. The number of nitrogens with zero attached hydrogens (tertiary/aromatic N) is 2. The molecular formula is C23H32N4O4. The smallest absolute Gasteiger partial charge is 0.317 e. The molecule has 1 spiro atoms. The number of ether oxygens (including phenoxy) is 1. The Morgan fingerprint density at radius 1 is 1.32 bits per heavy atom. The van der Waals surface area contributed by atoms with Gasteiger partial charge in [-0.05, 0) is 37.0 Å². The minimum absolute atomic E-state index is 0.0203. The predicted octanol–water partition coefficient (Wildman–Crippen LogP) is 2.53. The number of hydrogen-bond donors (Lipinski definition) is 3. The first kappa shape index (κ1) is 21.5. The van der Waals surface area contributed by atoms with Crippen LogP contribution in [0.2, 0.25) is 0 Å². The van der Waals surface area contributed by atoms with E-state index in [9.17, 15) is 14.7 Å². The lowest BCUT2D eigenvalue weighted by Crippen LogP contribution is -2.56. The first-order valence-corrected chi connectivity index (χ1v) is 11.0. The molecule has 0 saturated carbocycles. The Morgan fingerprint density at radius 2 is 2.06 bits per heavy atom. The first-order chi connectivity index (χ1) is 14.9. The number of aromatic amines is 1. The molecule has 0 bridgehead atoms. The number of fused-ring (bicyclic) bond motifs is 4. The van der Waals surface area contributed by atoms with Crippen molar-refractivity contribution < 1.29 is 19.4 Å². The van der Waals surface area contributed by atoms with Crippen LogP contribution in [0.5, 0.6) is 5.75 Å². The molecule has 1 aromatic heterocycles. The van der Waals surface area contributed by atoms with E-state index in [2.05, 4.69) is 16.4 Å². The van der Waals surface area contributed by atoms with Gasteiger partial charge >= 0.3 is 6.03 Å². The van der Waals surface area contributed by atoms with Gasteiger partial charge in [-0.2, -0.15) is 0 Å². The van der Waals surface area contributed by atoms with Crippen LogP contribution < -0.4 is 10.1 Å². The van der Waals surface area contributed by atoms with Crippen LogP contribution in [-0.4, -0.2) is 71.7 Å². The number of rotatable bonds is 4. The number of urea groups is 1. The highest BCUT2D eigenvalue weighted by Gasteiger charge is 2.48. The summed E-state index contributed by atoms with van der Waals surface area (Å²) >= 11 is 0. The van der Waals surface area contributed by atoms with Gasteiger partial charge in [0, 0.05) is 61.2 Å². The van der Waals surface area contributed by atoms with Crippen molar-refractivity contribution in [2.75, 3.05) is 39.9 Å². The second-order valence-electron chi connectivity index (χ2n) is 8.67. The van der Waals surface area contributed by atoms with Gasteiger partial charge in [-0.1, -0.05) is 6.92 Å². The number of carbonyl (C=O) groups excluding carboxylic acids is 2. The minimum atomic E-state index is -0.401. The Morgan fingerprint density at radius 3 is 2.68 bits per heavy atom. The molecule has 2 aliphatic heterocycles. The molecule has 31 heavy (non-hydrogen) atoms. The summed E-state index contributed by atoms with van der Waals surface area (Å²) in [5.74, 6) is 0.704. The van der Waals surface area contributed by atoms with Gasteiger partial charge < -0.3 is 29.9 Å². The SMILES string of the molecule is CCCNC(=O)N1CCC2(CC1)CN(C(C)=O)[C@@H](CO)c1[nH]c3cc(OC)ccc3c12. The molecule has 1 fully saturated rings. The van der Waals surface area contributed by atoms with E-state index in [0.29, 0.717) is 26.2 Å². The Bertz CT molecular complexity index is 977. The molecular weight excluding hydrogens is 396 g/mol. The van der Waals surface area contributed by atoms with Gasteiger partial charge in [0.1, 0.15) is 5.75 Å². The molecule has 0 radical (unpaired) electrons. The summed E-state index contributed by atoms with van der Waals surface area (Å²) in [6, 6.07) is 5.54. The third kappa shape index (κ3) is 3.63. The van der Waals surface area contributed by atoms with E-state index in [1.807, 2.05) is 24.0 Å². The van der Waals surface area contributed by atoms with Gasteiger partial charge in [-0.15, -0.1) is 0 Å². The maximum atomic E-state index is 12.5. The van der Waals surface area contributed by atoms with Crippen molar-refractivity contribution in [2.24, 2.45) is 0 Å². The zero-order valence-electron chi connectivity index (χ0n) is 18.5. The topological polar surface area (TPSA) is 97.9 Å². The lowest BCUT2D eigenvalue weighted by molar-refractivity contribution is -0.134. The number of aliphatic hydroxyl groups excluding tert-OH is 1. The van der Waals surface area contributed by atoms with Crippen molar-refractivity contribution >= 4 is 22.8 Å². The summed E-state index contributed by atoms with van der Waals surface area (Å²) in [6.45, 7) is 5.93.